The summed E-state index contributed by atoms with van der Waals surface area (Å²) in [5.74, 6) is 0.192. The summed E-state index contributed by atoms with van der Waals surface area (Å²) in [6.45, 7) is 0.851. The smallest absolute Gasteiger partial charge is 0.266 e. The Labute approximate surface area is 92.3 Å². The maximum absolute atomic E-state index is 12.1. The first-order valence-corrected chi connectivity index (χ1v) is 6.09. The molecule has 80 valence electrons. The van der Waals surface area contributed by atoms with E-state index in [4.69, 9.17) is 0 Å². The zero-order valence-corrected chi connectivity index (χ0v) is 9.43. The molecule has 0 saturated heterocycles. The highest BCUT2D eigenvalue weighted by atomic mass is 32.1. The van der Waals surface area contributed by atoms with Crippen LogP contribution >= 0.6 is 11.3 Å². The maximum Gasteiger partial charge on any atom is 0.266 e. The monoisotopic (exact) mass is 223 g/mol. The van der Waals surface area contributed by atoms with Gasteiger partial charge >= 0.3 is 0 Å². The number of hydrogen-bond acceptors (Lipinski definition) is 4. The van der Waals surface area contributed by atoms with Crippen LogP contribution < -0.4 is 5.32 Å². The predicted molar refractivity (Wildman–Crippen MR) is 59.4 cm³/mol. The summed E-state index contributed by atoms with van der Waals surface area (Å²) in [5.41, 5.74) is 0.978. The first-order chi connectivity index (χ1) is 7.29. The topological polar surface area (TPSA) is 45.2 Å². The molecule has 15 heavy (non-hydrogen) atoms. The van der Waals surface area contributed by atoms with E-state index >= 15 is 0 Å². The molecule has 0 aromatic carbocycles. The molecule has 3 rings (SSSR count). The van der Waals surface area contributed by atoms with Crippen molar-refractivity contribution in [1.29, 1.82) is 0 Å². The Kier molecular flexibility index (Phi) is 1.95. The van der Waals surface area contributed by atoms with Crippen LogP contribution in [-0.4, -0.2) is 35.4 Å². The van der Waals surface area contributed by atoms with Gasteiger partial charge in [0.05, 0.1) is 5.69 Å². The second-order valence-corrected chi connectivity index (χ2v) is 5.02. The highest BCUT2D eigenvalue weighted by molar-refractivity contribution is 7.17. The minimum atomic E-state index is 0.192. The van der Waals surface area contributed by atoms with E-state index in [1.165, 1.54) is 24.2 Å². The second-order valence-electron chi connectivity index (χ2n) is 4.02. The number of nitrogens with one attached hydrogen (secondary N) is 1. The zero-order chi connectivity index (χ0) is 10.4. The number of carbonyl (C=O) groups excluding carboxylic acids is 1. The third kappa shape index (κ3) is 1.42. The summed E-state index contributed by atoms with van der Waals surface area (Å²) in [6.07, 6.45) is 3.27. The molecule has 1 saturated carbocycles. The molecule has 1 N–H and O–H groups in total. The normalized spacial score (nSPS) is 20.3. The van der Waals surface area contributed by atoms with Crippen LogP contribution in [0.25, 0.3) is 0 Å². The van der Waals surface area contributed by atoms with E-state index in [0.29, 0.717) is 6.04 Å². The fourth-order valence-electron chi connectivity index (χ4n) is 1.99. The Bertz CT molecular complexity index is 411. The predicted octanol–water partition coefficient (Wildman–Crippen LogP) is 1.35. The number of fused-ring (bicyclic) bond motifs is 1. The number of rotatable bonds is 2. The molecule has 0 bridgehead atoms. The van der Waals surface area contributed by atoms with Gasteiger partial charge in [0.25, 0.3) is 5.91 Å². The van der Waals surface area contributed by atoms with Gasteiger partial charge < -0.3 is 10.2 Å². The molecular weight excluding hydrogens is 210 g/mol. The van der Waals surface area contributed by atoms with Crippen molar-refractivity contribution in [3.05, 3.63) is 10.6 Å². The molecule has 0 radical (unpaired) electrons. The first kappa shape index (κ1) is 9.15. The Morgan fingerprint density at radius 1 is 1.53 bits per heavy atom. The molecule has 1 aliphatic carbocycles. The van der Waals surface area contributed by atoms with Gasteiger partial charge in [0.15, 0.2) is 5.13 Å². The molecule has 1 aromatic rings. The summed E-state index contributed by atoms with van der Waals surface area (Å²) in [6, 6.07) is 0.519. The molecule has 1 aliphatic heterocycles. The van der Waals surface area contributed by atoms with Crippen molar-refractivity contribution in [2.75, 3.05) is 18.9 Å². The van der Waals surface area contributed by atoms with Crippen LogP contribution in [0.15, 0.2) is 0 Å². The van der Waals surface area contributed by atoms with Crippen molar-refractivity contribution in [3.63, 3.8) is 0 Å². The number of hydrogen-bond donors (Lipinski definition) is 1. The van der Waals surface area contributed by atoms with Crippen molar-refractivity contribution in [2.24, 2.45) is 0 Å². The van der Waals surface area contributed by atoms with Gasteiger partial charge in [-0.15, -0.1) is 0 Å². The maximum atomic E-state index is 12.1. The number of anilines is 1. The molecular formula is C10H13N3OS. The molecule has 1 aromatic heterocycles. The lowest BCUT2D eigenvalue weighted by Crippen LogP contribution is -2.38. The van der Waals surface area contributed by atoms with E-state index in [-0.39, 0.29) is 5.91 Å². The summed E-state index contributed by atoms with van der Waals surface area (Å²) in [4.78, 5) is 19.3. The highest BCUT2D eigenvalue weighted by Gasteiger charge is 2.37. The van der Waals surface area contributed by atoms with Crippen molar-refractivity contribution >= 4 is 22.4 Å². The van der Waals surface area contributed by atoms with Crippen molar-refractivity contribution in [2.45, 2.75) is 25.3 Å². The summed E-state index contributed by atoms with van der Waals surface area (Å²) >= 11 is 1.48. The van der Waals surface area contributed by atoms with Crippen molar-refractivity contribution in [1.82, 2.24) is 9.88 Å². The van der Waals surface area contributed by atoms with Crippen molar-refractivity contribution < 1.29 is 4.79 Å². The van der Waals surface area contributed by atoms with Gasteiger partial charge in [-0.1, -0.05) is 11.3 Å². The van der Waals surface area contributed by atoms with Gasteiger partial charge in [0, 0.05) is 26.1 Å². The van der Waals surface area contributed by atoms with Crippen LogP contribution in [0.5, 0.6) is 0 Å². The van der Waals surface area contributed by atoms with E-state index in [1.54, 1.807) is 0 Å². The van der Waals surface area contributed by atoms with Crippen LogP contribution in [0, 0.1) is 0 Å². The first-order valence-electron chi connectivity index (χ1n) is 5.28. The van der Waals surface area contributed by atoms with Gasteiger partial charge in [0.1, 0.15) is 4.88 Å². The lowest BCUT2D eigenvalue weighted by atomic mass is 10.1. The summed E-state index contributed by atoms with van der Waals surface area (Å²) in [5, 5.41) is 3.85. The lowest BCUT2D eigenvalue weighted by Gasteiger charge is -2.25. The zero-order valence-electron chi connectivity index (χ0n) is 8.62. The molecule has 5 heteroatoms. The Hall–Kier alpha value is -1.10. The molecule has 0 unspecified atom stereocenters. The minimum Gasteiger partial charge on any atom is -0.365 e. The molecule has 2 aliphatic rings. The molecule has 1 amide bonds. The summed E-state index contributed by atoms with van der Waals surface area (Å²) < 4.78 is 0. The molecule has 2 heterocycles. The highest BCUT2D eigenvalue weighted by Crippen LogP contribution is 2.34. The number of thiazole rings is 1. The average molecular weight is 223 g/mol. The average Bonchev–Trinajstić information content (AvgIpc) is 2.97. The minimum absolute atomic E-state index is 0.192. The van der Waals surface area contributed by atoms with Gasteiger partial charge in [-0.3, -0.25) is 4.79 Å². The lowest BCUT2D eigenvalue weighted by molar-refractivity contribution is 0.0731. The van der Waals surface area contributed by atoms with Crippen LogP contribution in [0.1, 0.15) is 28.2 Å². The largest absolute Gasteiger partial charge is 0.365 e. The summed E-state index contributed by atoms with van der Waals surface area (Å²) in [7, 11) is 1.84. The van der Waals surface area contributed by atoms with Crippen molar-refractivity contribution in [3.8, 4) is 0 Å². The van der Waals surface area contributed by atoms with Crippen LogP contribution in [0.4, 0.5) is 5.13 Å². The number of nitrogens with zero attached hydrogens (tertiary/aromatic N) is 2. The Morgan fingerprint density at radius 3 is 3.00 bits per heavy atom. The van der Waals surface area contributed by atoms with E-state index in [1.807, 2.05) is 11.9 Å². The van der Waals surface area contributed by atoms with Crippen LogP contribution in [0.3, 0.4) is 0 Å². The molecule has 0 atom stereocenters. The standard InChI is InChI=1S/C10H13N3OS/c1-11-10-12-7-4-5-13(6-2-3-6)9(14)8(7)15-10/h6H,2-5H2,1H3,(H,11,12). The second kappa shape index (κ2) is 3.20. The van der Waals surface area contributed by atoms with Gasteiger partial charge in [-0.25, -0.2) is 4.98 Å². The molecule has 4 nitrogen and oxygen atoms in total. The Balaban J connectivity index is 1.93. The Morgan fingerprint density at radius 2 is 2.33 bits per heavy atom. The molecule has 1 fully saturated rings. The van der Waals surface area contributed by atoms with Gasteiger partial charge in [-0.05, 0) is 12.8 Å². The van der Waals surface area contributed by atoms with Gasteiger partial charge in [0.2, 0.25) is 0 Å². The third-order valence-corrected chi connectivity index (χ3v) is 4.05. The SMILES string of the molecule is CNc1nc2c(s1)C(=O)N(C1CC1)CC2. The van der Waals surface area contributed by atoms with E-state index in [0.717, 1.165) is 28.7 Å². The van der Waals surface area contributed by atoms with E-state index in [2.05, 4.69) is 10.3 Å². The number of aromatic nitrogens is 1. The van der Waals surface area contributed by atoms with E-state index < -0.39 is 0 Å². The van der Waals surface area contributed by atoms with E-state index in [9.17, 15) is 4.79 Å². The quantitative estimate of drug-likeness (QED) is 0.823. The molecule has 0 spiro atoms. The number of carbonyl (C=O) groups is 1. The van der Waals surface area contributed by atoms with Crippen LogP contribution in [-0.2, 0) is 6.42 Å². The fourth-order valence-corrected chi connectivity index (χ4v) is 2.91. The van der Waals surface area contributed by atoms with Crippen LogP contribution in [0.2, 0.25) is 0 Å². The fraction of sp³-hybridized carbons (Fsp3) is 0.600. The van der Waals surface area contributed by atoms with Gasteiger partial charge in [-0.2, -0.15) is 0 Å². The third-order valence-electron chi connectivity index (χ3n) is 2.94. The number of amides is 1.